The van der Waals surface area contributed by atoms with Crippen molar-refractivity contribution in [3.63, 3.8) is 0 Å². The molecular formula is C16H19NO3S. The van der Waals surface area contributed by atoms with E-state index < -0.39 is 10.0 Å². The molecule has 112 valence electrons. The van der Waals surface area contributed by atoms with Crippen LogP contribution in [-0.2, 0) is 16.4 Å². The Hall–Kier alpha value is -2.01. The first kappa shape index (κ1) is 15.4. The van der Waals surface area contributed by atoms with E-state index >= 15 is 0 Å². The number of sulfonamides is 1. The summed E-state index contributed by atoms with van der Waals surface area (Å²) in [6, 6.07) is 11.5. The van der Waals surface area contributed by atoms with E-state index in [4.69, 9.17) is 0 Å². The van der Waals surface area contributed by atoms with E-state index in [9.17, 15) is 13.5 Å². The average Bonchev–Trinajstić information content (AvgIpc) is 2.44. The minimum absolute atomic E-state index is 0.141. The molecule has 2 aromatic rings. The summed E-state index contributed by atoms with van der Waals surface area (Å²) in [5, 5.41) is 9.46. The summed E-state index contributed by atoms with van der Waals surface area (Å²) >= 11 is 0. The van der Waals surface area contributed by atoms with Crippen molar-refractivity contribution in [3.05, 3.63) is 53.6 Å². The maximum absolute atomic E-state index is 12.3. The molecule has 0 fully saturated rings. The van der Waals surface area contributed by atoms with E-state index in [-0.39, 0.29) is 10.6 Å². The second kappa shape index (κ2) is 6.18. The maximum Gasteiger partial charge on any atom is 0.261 e. The summed E-state index contributed by atoms with van der Waals surface area (Å²) in [7, 11) is -3.61. The molecule has 0 aromatic heterocycles. The predicted octanol–water partition coefficient (Wildman–Crippen LogP) is 3.45. The van der Waals surface area contributed by atoms with E-state index in [1.165, 1.54) is 12.1 Å². The summed E-state index contributed by atoms with van der Waals surface area (Å²) in [6.45, 7) is 3.80. The molecule has 4 nitrogen and oxygen atoms in total. The normalized spacial score (nSPS) is 11.3. The van der Waals surface area contributed by atoms with Gasteiger partial charge in [0.15, 0.2) is 0 Å². The van der Waals surface area contributed by atoms with Crippen LogP contribution in [0.1, 0.15) is 24.5 Å². The summed E-state index contributed by atoms with van der Waals surface area (Å²) in [5.41, 5.74) is 2.17. The number of nitrogens with one attached hydrogen (secondary N) is 1. The van der Waals surface area contributed by atoms with Gasteiger partial charge in [0.1, 0.15) is 5.75 Å². The first-order chi connectivity index (χ1) is 9.92. The topological polar surface area (TPSA) is 66.4 Å². The standard InChI is InChI=1S/C16H19NO3S/c1-3-4-13-5-8-15(9-6-13)21(19,20)17-14-7-10-16(18)12(2)11-14/h5-11,17-18H,3-4H2,1-2H3. The fourth-order valence-electron chi connectivity index (χ4n) is 2.06. The van der Waals surface area contributed by atoms with Gasteiger partial charge in [0.2, 0.25) is 0 Å². The molecule has 21 heavy (non-hydrogen) atoms. The second-order valence-electron chi connectivity index (χ2n) is 5.00. The highest BCUT2D eigenvalue weighted by Gasteiger charge is 2.14. The van der Waals surface area contributed by atoms with Gasteiger partial charge < -0.3 is 5.11 Å². The molecule has 2 aromatic carbocycles. The third-order valence-corrected chi connectivity index (χ3v) is 4.62. The zero-order valence-corrected chi connectivity index (χ0v) is 12.9. The summed E-state index contributed by atoms with van der Waals surface area (Å²) in [6.07, 6.45) is 1.96. The van der Waals surface area contributed by atoms with E-state index in [2.05, 4.69) is 11.6 Å². The third kappa shape index (κ3) is 3.76. The van der Waals surface area contributed by atoms with Crippen LogP contribution in [0.3, 0.4) is 0 Å². The Morgan fingerprint density at radius 3 is 2.33 bits per heavy atom. The highest BCUT2D eigenvalue weighted by Crippen LogP contribution is 2.23. The van der Waals surface area contributed by atoms with Crippen LogP contribution in [0.25, 0.3) is 0 Å². The molecule has 0 aliphatic carbocycles. The molecule has 0 spiro atoms. The Bertz CT molecular complexity index is 722. The fraction of sp³-hybridized carbons (Fsp3) is 0.250. The minimum atomic E-state index is -3.61. The minimum Gasteiger partial charge on any atom is -0.508 e. The number of hydrogen-bond acceptors (Lipinski definition) is 3. The van der Waals surface area contributed by atoms with Gasteiger partial charge in [-0.3, -0.25) is 4.72 Å². The van der Waals surface area contributed by atoms with Crippen LogP contribution in [0, 0.1) is 6.92 Å². The van der Waals surface area contributed by atoms with Crippen molar-refractivity contribution in [2.45, 2.75) is 31.6 Å². The average molecular weight is 305 g/mol. The van der Waals surface area contributed by atoms with Crippen LogP contribution in [0.4, 0.5) is 5.69 Å². The Balaban J connectivity index is 2.23. The molecule has 0 amide bonds. The smallest absolute Gasteiger partial charge is 0.261 e. The molecule has 5 heteroatoms. The summed E-state index contributed by atoms with van der Waals surface area (Å²) < 4.78 is 27.1. The zero-order chi connectivity index (χ0) is 15.5. The molecule has 0 unspecified atom stereocenters. The lowest BCUT2D eigenvalue weighted by molar-refractivity contribution is 0.471. The Morgan fingerprint density at radius 1 is 1.10 bits per heavy atom. The molecule has 0 radical (unpaired) electrons. The van der Waals surface area contributed by atoms with Gasteiger partial charge in [-0.25, -0.2) is 8.42 Å². The quantitative estimate of drug-likeness (QED) is 0.831. The summed E-state index contributed by atoms with van der Waals surface area (Å²) in [5.74, 6) is 0.141. The van der Waals surface area contributed by atoms with Crippen LogP contribution in [-0.4, -0.2) is 13.5 Å². The van der Waals surface area contributed by atoms with Crippen LogP contribution in [0.5, 0.6) is 5.75 Å². The Labute approximate surface area is 125 Å². The SMILES string of the molecule is CCCc1ccc(S(=O)(=O)Nc2ccc(O)c(C)c2)cc1. The summed E-state index contributed by atoms with van der Waals surface area (Å²) in [4.78, 5) is 0.230. The largest absolute Gasteiger partial charge is 0.508 e. The van der Waals surface area contributed by atoms with Crippen LogP contribution in [0.2, 0.25) is 0 Å². The van der Waals surface area contributed by atoms with E-state index in [0.29, 0.717) is 11.3 Å². The molecule has 0 aliphatic rings. The molecule has 0 saturated carbocycles. The molecule has 2 rings (SSSR count). The number of aromatic hydroxyl groups is 1. The molecule has 0 atom stereocenters. The van der Waals surface area contributed by atoms with Gasteiger partial charge in [-0.1, -0.05) is 25.5 Å². The van der Waals surface area contributed by atoms with Crippen molar-refractivity contribution in [2.75, 3.05) is 4.72 Å². The zero-order valence-electron chi connectivity index (χ0n) is 12.1. The number of rotatable bonds is 5. The number of anilines is 1. The monoisotopic (exact) mass is 305 g/mol. The van der Waals surface area contributed by atoms with Crippen LogP contribution in [0.15, 0.2) is 47.4 Å². The first-order valence-corrected chi connectivity index (χ1v) is 8.32. The van der Waals surface area contributed by atoms with Crippen molar-refractivity contribution in [1.82, 2.24) is 0 Å². The van der Waals surface area contributed by atoms with E-state index in [1.807, 2.05) is 12.1 Å². The number of hydrogen-bond donors (Lipinski definition) is 2. The lowest BCUT2D eigenvalue weighted by Gasteiger charge is -2.10. The van der Waals surface area contributed by atoms with Crippen molar-refractivity contribution in [2.24, 2.45) is 0 Å². The lowest BCUT2D eigenvalue weighted by atomic mass is 10.1. The number of benzene rings is 2. The van der Waals surface area contributed by atoms with Gasteiger partial charge >= 0.3 is 0 Å². The van der Waals surface area contributed by atoms with Gasteiger partial charge in [-0.2, -0.15) is 0 Å². The van der Waals surface area contributed by atoms with Crippen molar-refractivity contribution in [1.29, 1.82) is 0 Å². The van der Waals surface area contributed by atoms with Crippen molar-refractivity contribution < 1.29 is 13.5 Å². The first-order valence-electron chi connectivity index (χ1n) is 6.84. The van der Waals surface area contributed by atoms with Gasteiger partial charge in [-0.15, -0.1) is 0 Å². The van der Waals surface area contributed by atoms with Crippen LogP contribution < -0.4 is 4.72 Å². The predicted molar refractivity (Wildman–Crippen MR) is 84.1 cm³/mol. The van der Waals surface area contributed by atoms with Gasteiger partial charge in [0, 0.05) is 5.69 Å². The second-order valence-corrected chi connectivity index (χ2v) is 6.68. The van der Waals surface area contributed by atoms with E-state index in [0.717, 1.165) is 18.4 Å². The Kier molecular flexibility index (Phi) is 4.53. The van der Waals surface area contributed by atoms with E-state index in [1.54, 1.807) is 25.1 Å². The molecule has 2 N–H and O–H groups in total. The lowest BCUT2D eigenvalue weighted by Crippen LogP contribution is -2.13. The van der Waals surface area contributed by atoms with Gasteiger partial charge in [0.25, 0.3) is 10.0 Å². The van der Waals surface area contributed by atoms with Gasteiger partial charge in [0.05, 0.1) is 4.90 Å². The Morgan fingerprint density at radius 2 is 1.76 bits per heavy atom. The third-order valence-electron chi connectivity index (χ3n) is 3.22. The fourth-order valence-corrected chi connectivity index (χ4v) is 3.11. The van der Waals surface area contributed by atoms with Crippen molar-refractivity contribution >= 4 is 15.7 Å². The number of aryl methyl sites for hydroxylation is 2. The number of phenols is 1. The molecule has 0 aliphatic heterocycles. The molecule has 0 bridgehead atoms. The highest BCUT2D eigenvalue weighted by atomic mass is 32.2. The number of phenolic OH excluding ortho intramolecular Hbond substituents is 1. The van der Waals surface area contributed by atoms with Gasteiger partial charge in [-0.05, 0) is 54.8 Å². The highest BCUT2D eigenvalue weighted by molar-refractivity contribution is 7.92. The molecular weight excluding hydrogens is 286 g/mol. The van der Waals surface area contributed by atoms with Crippen molar-refractivity contribution in [3.8, 4) is 5.75 Å². The molecule has 0 saturated heterocycles. The molecule has 0 heterocycles. The maximum atomic E-state index is 12.3. The van der Waals surface area contributed by atoms with Crippen LogP contribution >= 0.6 is 0 Å².